The quantitative estimate of drug-likeness (QED) is 0.903. The summed E-state index contributed by atoms with van der Waals surface area (Å²) in [6.45, 7) is 4.84. The maximum atomic E-state index is 10.1. The van der Waals surface area contributed by atoms with Gasteiger partial charge < -0.3 is 10.0 Å². The molecular weight excluding hydrogens is 260 g/mol. The fourth-order valence-corrected chi connectivity index (χ4v) is 3.43. The first kappa shape index (κ1) is 12.3. The lowest BCUT2D eigenvalue weighted by Crippen LogP contribution is -2.62. The average molecular weight is 274 g/mol. The monoisotopic (exact) mass is 274 g/mol. The summed E-state index contributed by atoms with van der Waals surface area (Å²) in [6, 6.07) is 2.03. The number of β-amino-alcohol motifs (C(OH)–C–C–N with tert-alkyl or cyclic N) is 1. The molecule has 6 heteroatoms. The van der Waals surface area contributed by atoms with Crippen LogP contribution in [0.5, 0.6) is 0 Å². The summed E-state index contributed by atoms with van der Waals surface area (Å²) in [7, 11) is 0. The number of rotatable bonds is 2. The number of hydrogen-bond donors (Lipinski definition) is 1. The molecule has 1 aliphatic heterocycles. The lowest BCUT2D eigenvalue weighted by atomic mass is 9.91. The molecule has 5 nitrogen and oxygen atoms in total. The number of aliphatic hydroxyl groups is 1. The first-order valence-corrected chi connectivity index (χ1v) is 6.97. The highest BCUT2D eigenvalue weighted by atomic mass is 32.1. The van der Waals surface area contributed by atoms with Crippen LogP contribution in [0.3, 0.4) is 0 Å². The van der Waals surface area contributed by atoms with E-state index in [2.05, 4.69) is 15.3 Å². The van der Waals surface area contributed by atoms with Gasteiger partial charge in [-0.2, -0.15) is 5.26 Å². The fourth-order valence-electron chi connectivity index (χ4n) is 2.47. The molecule has 2 aromatic heterocycles. The van der Waals surface area contributed by atoms with Gasteiger partial charge in [0.05, 0.1) is 31.0 Å². The Hall–Kier alpha value is -1.71. The van der Waals surface area contributed by atoms with Crippen molar-refractivity contribution in [1.29, 1.82) is 5.26 Å². The third-order valence-corrected chi connectivity index (χ3v) is 4.38. The zero-order valence-corrected chi connectivity index (χ0v) is 11.7. The van der Waals surface area contributed by atoms with Gasteiger partial charge in [-0.15, -0.1) is 11.3 Å². The largest absolute Gasteiger partial charge is 0.385 e. The molecule has 1 N–H and O–H groups in total. The van der Waals surface area contributed by atoms with E-state index in [1.807, 2.05) is 24.8 Å². The van der Waals surface area contributed by atoms with Gasteiger partial charge in [0, 0.05) is 0 Å². The Bertz CT molecular complexity index is 682. The maximum Gasteiger partial charge on any atom is 0.141 e. The molecule has 0 radical (unpaired) electrons. The third-order valence-electron chi connectivity index (χ3n) is 3.39. The van der Waals surface area contributed by atoms with E-state index in [1.165, 1.54) is 0 Å². The van der Waals surface area contributed by atoms with Crippen molar-refractivity contribution >= 4 is 27.4 Å². The zero-order valence-electron chi connectivity index (χ0n) is 10.8. The van der Waals surface area contributed by atoms with Crippen molar-refractivity contribution in [1.82, 2.24) is 9.97 Å². The summed E-state index contributed by atoms with van der Waals surface area (Å²) in [5.74, 6) is 1.61. The Morgan fingerprint density at radius 3 is 2.89 bits per heavy atom. The van der Waals surface area contributed by atoms with E-state index in [0.29, 0.717) is 13.1 Å². The molecule has 0 saturated carbocycles. The van der Waals surface area contributed by atoms with Gasteiger partial charge in [0.15, 0.2) is 0 Å². The summed E-state index contributed by atoms with van der Waals surface area (Å²) < 4.78 is 0. The second-order valence-corrected chi connectivity index (χ2v) is 5.97. The minimum atomic E-state index is -0.885. The highest BCUT2D eigenvalue weighted by molar-refractivity contribution is 7.17. The number of aryl methyl sites for hydroxylation is 2. The molecule has 1 saturated heterocycles. The van der Waals surface area contributed by atoms with Crippen molar-refractivity contribution in [2.45, 2.75) is 25.9 Å². The van der Waals surface area contributed by atoms with Crippen molar-refractivity contribution in [3.8, 4) is 6.07 Å². The highest BCUT2D eigenvalue weighted by Crippen LogP contribution is 2.36. The van der Waals surface area contributed by atoms with E-state index in [0.717, 1.165) is 27.4 Å². The molecule has 2 aromatic rings. The van der Waals surface area contributed by atoms with E-state index in [4.69, 9.17) is 5.26 Å². The fraction of sp³-hybridized carbons (Fsp3) is 0.462. The van der Waals surface area contributed by atoms with Gasteiger partial charge >= 0.3 is 0 Å². The predicted octanol–water partition coefficient (Wildman–Crippen LogP) is 1.77. The van der Waals surface area contributed by atoms with Crippen molar-refractivity contribution in [2.75, 3.05) is 18.0 Å². The molecule has 1 fully saturated rings. The SMILES string of the molecule is Cc1nc(N2CC(O)(CC#N)C2)c2c(C)csc2n1. The molecule has 1 aliphatic rings. The number of fused-ring (bicyclic) bond motifs is 1. The number of nitriles is 1. The molecule has 3 rings (SSSR count). The Balaban J connectivity index is 1.99. The lowest BCUT2D eigenvalue weighted by molar-refractivity contribution is 0.0163. The van der Waals surface area contributed by atoms with Gasteiger partial charge in [0.1, 0.15) is 22.1 Å². The highest BCUT2D eigenvalue weighted by Gasteiger charge is 2.42. The van der Waals surface area contributed by atoms with Crippen LogP contribution in [0.2, 0.25) is 0 Å². The Morgan fingerprint density at radius 1 is 1.47 bits per heavy atom. The van der Waals surface area contributed by atoms with Gasteiger partial charge in [-0.3, -0.25) is 0 Å². The smallest absolute Gasteiger partial charge is 0.141 e. The second-order valence-electron chi connectivity index (χ2n) is 5.11. The Kier molecular flexibility index (Phi) is 2.69. The van der Waals surface area contributed by atoms with Crippen LogP contribution >= 0.6 is 11.3 Å². The minimum Gasteiger partial charge on any atom is -0.385 e. The van der Waals surface area contributed by atoms with E-state index >= 15 is 0 Å². The topological polar surface area (TPSA) is 73.0 Å². The molecule has 0 aliphatic carbocycles. The van der Waals surface area contributed by atoms with Crippen LogP contribution in [0.25, 0.3) is 10.2 Å². The number of thiophene rings is 1. The maximum absolute atomic E-state index is 10.1. The molecule has 0 atom stereocenters. The van der Waals surface area contributed by atoms with Crippen molar-refractivity contribution in [2.24, 2.45) is 0 Å². The summed E-state index contributed by atoms with van der Waals surface area (Å²) in [5, 5.41) is 21.9. The van der Waals surface area contributed by atoms with Gasteiger partial charge in [-0.25, -0.2) is 9.97 Å². The van der Waals surface area contributed by atoms with Crippen LogP contribution in [0.15, 0.2) is 5.38 Å². The summed E-state index contributed by atoms with van der Waals surface area (Å²) in [4.78, 5) is 12.0. The third kappa shape index (κ3) is 1.95. The first-order chi connectivity index (χ1) is 9.02. The van der Waals surface area contributed by atoms with Crippen LogP contribution in [0.4, 0.5) is 5.82 Å². The molecule has 0 aromatic carbocycles. The van der Waals surface area contributed by atoms with E-state index in [-0.39, 0.29) is 6.42 Å². The summed E-state index contributed by atoms with van der Waals surface area (Å²) >= 11 is 1.61. The van der Waals surface area contributed by atoms with Crippen LogP contribution < -0.4 is 4.90 Å². The van der Waals surface area contributed by atoms with Crippen LogP contribution in [0, 0.1) is 25.2 Å². The summed E-state index contributed by atoms with van der Waals surface area (Å²) in [6.07, 6.45) is 0.166. The summed E-state index contributed by atoms with van der Waals surface area (Å²) in [5.41, 5.74) is 0.273. The normalized spacial score (nSPS) is 17.3. The van der Waals surface area contributed by atoms with Crippen LogP contribution in [-0.4, -0.2) is 33.8 Å². The van der Waals surface area contributed by atoms with Gasteiger partial charge in [-0.1, -0.05) is 0 Å². The molecule has 0 spiro atoms. The van der Waals surface area contributed by atoms with Crippen molar-refractivity contribution in [3.63, 3.8) is 0 Å². The van der Waals surface area contributed by atoms with Gasteiger partial charge in [0.2, 0.25) is 0 Å². The minimum absolute atomic E-state index is 0.166. The molecule has 98 valence electrons. The Labute approximate surface area is 115 Å². The van der Waals surface area contributed by atoms with Gasteiger partial charge in [0.25, 0.3) is 0 Å². The second kappa shape index (κ2) is 4.15. The van der Waals surface area contributed by atoms with E-state index in [9.17, 15) is 5.11 Å². The number of anilines is 1. The standard InChI is InChI=1S/C13H14N4OS/c1-8-5-19-12-10(8)11(15-9(2)16-12)17-6-13(18,7-17)3-4-14/h5,18H,3,6-7H2,1-2H3. The first-order valence-electron chi connectivity index (χ1n) is 6.09. The zero-order chi connectivity index (χ0) is 13.6. The Morgan fingerprint density at radius 2 is 2.21 bits per heavy atom. The van der Waals surface area contributed by atoms with Crippen LogP contribution in [-0.2, 0) is 0 Å². The van der Waals surface area contributed by atoms with E-state index in [1.54, 1.807) is 11.3 Å². The molecule has 3 heterocycles. The van der Waals surface area contributed by atoms with Crippen molar-refractivity contribution in [3.05, 3.63) is 16.8 Å². The van der Waals surface area contributed by atoms with Crippen molar-refractivity contribution < 1.29 is 5.11 Å². The number of nitrogens with zero attached hydrogens (tertiary/aromatic N) is 4. The van der Waals surface area contributed by atoms with Gasteiger partial charge in [-0.05, 0) is 24.8 Å². The average Bonchev–Trinajstić information content (AvgIpc) is 2.67. The van der Waals surface area contributed by atoms with E-state index < -0.39 is 5.60 Å². The molecule has 0 amide bonds. The molecule has 19 heavy (non-hydrogen) atoms. The number of aromatic nitrogens is 2. The number of hydrogen-bond acceptors (Lipinski definition) is 6. The molecular formula is C13H14N4OS. The molecule has 0 unspecified atom stereocenters. The van der Waals surface area contributed by atoms with Crippen LogP contribution in [0.1, 0.15) is 17.8 Å². The predicted molar refractivity (Wildman–Crippen MR) is 74.3 cm³/mol. The molecule has 0 bridgehead atoms. The lowest BCUT2D eigenvalue weighted by Gasteiger charge is -2.46.